The molecule has 2 rings (SSSR count). The summed E-state index contributed by atoms with van der Waals surface area (Å²) in [6.07, 6.45) is 16.7. The van der Waals surface area contributed by atoms with E-state index in [2.05, 4.69) is 36.5 Å². The standard InChI is InChI=1S/C11H12.2HI.Zr/c1-2-6-10(5-1)9-11-7-3-4-8-11;;;/h1-5,7H,6,8-9H2;2*1H;/q;;;+2/p-2. The van der Waals surface area contributed by atoms with E-state index in [0.717, 1.165) is 12.8 Å². The van der Waals surface area contributed by atoms with Gasteiger partial charge in [-0.15, -0.1) is 0 Å². The summed E-state index contributed by atoms with van der Waals surface area (Å²) in [5, 5.41) is 0. The van der Waals surface area contributed by atoms with Crippen molar-refractivity contribution < 1.29 is 74.2 Å². The van der Waals surface area contributed by atoms with Crippen LogP contribution >= 0.6 is 0 Å². The number of hydrogen-bond donors (Lipinski definition) is 0. The molecular formula is C11H12I2Zr. The molecule has 0 N–H and O–H groups in total. The van der Waals surface area contributed by atoms with Crippen LogP contribution in [0.5, 0.6) is 0 Å². The molecule has 0 saturated carbocycles. The molecule has 0 bridgehead atoms. The van der Waals surface area contributed by atoms with E-state index in [4.69, 9.17) is 0 Å². The summed E-state index contributed by atoms with van der Waals surface area (Å²) in [4.78, 5) is 0. The first-order valence-electron chi connectivity index (χ1n) is 4.14. The van der Waals surface area contributed by atoms with Crippen molar-refractivity contribution in [3.8, 4) is 0 Å². The van der Waals surface area contributed by atoms with Gasteiger partial charge in [-0.05, 0) is 19.3 Å². The van der Waals surface area contributed by atoms with Gasteiger partial charge in [-0.2, -0.15) is 0 Å². The zero-order valence-electron chi connectivity index (χ0n) is 7.84. The Morgan fingerprint density at radius 1 is 0.857 bits per heavy atom. The summed E-state index contributed by atoms with van der Waals surface area (Å²) in [6.45, 7) is 0. The second-order valence-corrected chi connectivity index (χ2v) is 3.09. The third-order valence-electron chi connectivity index (χ3n) is 2.15. The van der Waals surface area contributed by atoms with Crippen molar-refractivity contribution in [1.82, 2.24) is 0 Å². The van der Waals surface area contributed by atoms with Gasteiger partial charge in [-0.3, -0.25) is 0 Å². The molecule has 0 saturated heterocycles. The minimum atomic E-state index is 0. The zero-order valence-corrected chi connectivity index (χ0v) is 14.6. The number of hydrogen-bond acceptors (Lipinski definition) is 0. The topological polar surface area (TPSA) is 0 Å². The molecular weight excluding hydrogens is 477 g/mol. The summed E-state index contributed by atoms with van der Waals surface area (Å²) >= 11 is 0. The average molecular weight is 489 g/mol. The van der Waals surface area contributed by atoms with Crippen LogP contribution in [0, 0.1) is 0 Å². The average Bonchev–Trinajstić information content (AvgIpc) is 2.60. The van der Waals surface area contributed by atoms with E-state index in [-0.39, 0.29) is 74.2 Å². The van der Waals surface area contributed by atoms with Crippen molar-refractivity contribution in [3.63, 3.8) is 0 Å². The third-order valence-corrected chi connectivity index (χ3v) is 2.15. The van der Waals surface area contributed by atoms with Crippen LogP contribution in [0.25, 0.3) is 0 Å². The van der Waals surface area contributed by atoms with Gasteiger partial charge in [0, 0.05) is 0 Å². The molecule has 14 heavy (non-hydrogen) atoms. The fourth-order valence-electron chi connectivity index (χ4n) is 1.54. The Balaban J connectivity index is 0. The minimum absolute atomic E-state index is 0. The third kappa shape index (κ3) is 5.40. The molecule has 0 aromatic carbocycles. The zero-order chi connectivity index (χ0) is 7.52. The number of allylic oxidation sites excluding steroid dienone is 8. The van der Waals surface area contributed by atoms with Gasteiger partial charge in [0.2, 0.25) is 0 Å². The number of rotatable bonds is 2. The maximum Gasteiger partial charge on any atom is 2.00 e. The van der Waals surface area contributed by atoms with E-state index < -0.39 is 0 Å². The van der Waals surface area contributed by atoms with Crippen LogP contribution in [0.2, 0.25) is 0 Å². The Kier molecular flexibility index (Phi) is 12.0. The molecule has 0 amide bonds. The van der Waals surface area contributed by atoms with E-state index in [0.29, 0.717) is 0 Å². The molecule has 0 heterocycles. The summed E-state index contributed by atoms with van der Waals surface area (Å²) in [5.74, 6) is 0. The summed E-state index contributed by atoms with van der Waals surface area (Å²) in [7, 11) is 0. The van der Waals surface area contributed by atoms with Gasteiger partial charge in [0.05, 0.1) is 0 Å². The van der Waals surface area contributed by atoms with Gasteiger partial charge >= 0.3 is 26.2 Å². The fourth-order valence-corrected chi connectivity index (χ4v) is 1.54. The summed E-state index contributed by atoms with van der Waals surface area (Å²) < 4.78 is 0. The second-order valence-electron chi connectivity index (χ2n) is 3.09. The predicted molar refractivity (Wildman–Crippen MR) is 48.3 cm³/mol. The molecule has 3 heteroatoms. The quantitative estimate of drug-likeness (QED) is 0.367. The molecule has 0 unspecified atom stereocenters. The van der Waals surface area contributed by atoms with Crippen LogP contribution in [0.4, 0.5) is 0 Å². The van der Waals surface area contributed by atoms with Crippen molar-refractivity contribution in [2.24, 2.45) is 0 Å². The molecule has 0 spiro atoms. The predicted octanol–water partition coefficient (Wildman–Crippen LogP) is -2.85. The van der Waals surface area contributed by atoms with Crippen molar-refractivity contribution in [2.75, 3.05) is 0 Å². The van der Waals surface area contributed by atoms with Gasteiger partial charge in [0.15, 0.2) is 0 Å². The SMILES string of the molecule is C1=CCC(CC2=CC=CC2)=C1.[I-].[I-].[Zr+2]. The monoisotopic (exact) mass is 488 g/mol. The van der Waals surface area contributed by atoms with E-state index in [1.165, 1.54) is 6.42 Å². The maximum atomic E-state index is 2.24. The van der Waals surface area contributed by atoms with Gasteiger partial charge in [0.25, 0.3) is 0 Å². The van der Waals surface area contributed by atoms with E-state index in [1.54, 1.807) is 11.1 Å². The molecule has 2 aliphatic rings. The molecule has 2 aliphatic carbocycles. The first-order valence-corrected chi connectivity index (χ1v) is 4.14. The smallest absolute Gasteiger partial charge is 1.00 e. The van der Waals surface area contributed by atoms with Gasteiger partial charge in [-0.1, -0.05) is 47.6 Å². The Labute approximate surface area is 139 Å². The van der Waals surface area contributed by atoms with Crippen LogP contribution in [0.15, 0.2) is 47.6 Å². The molecule has 74 valence electrons. The fraction of sp³-hybridized carbons (Fsp3) is 0.273. The molecule has 0 fully saturated rings. The molecule has 0 atom stereocenters. The van der Waals surface area contributed by atoms with Crippen molar-refractivity contribution in [1.29, 1.82) is 0 Å². The molecule has 0 aromatic rings. The van der Waals surface area contributed by atoms with Crippen molar-refractivity contribution in [2.45, 2.75) is 19.3 Å². The largest absolute Gasteiger partial charge is 2.00 e. The Bertz CT molecular complexity index is 247. The molecule has 0 nitrogen and oxygen atoms in total. The van der Waals surface area contributed by atoms with Crippen LogP contribution in [-0.2, 0) is 26.2 Å². The molecule has 0 aliphatic heterocycles. The normalized spacial score (nSPS) is 16.3. The van der Waals surface area contributed by atoms with Gasteiger partial charge < -0.3 is 48.0 Å². The van der Waals surface area contributed by atoms with Gasteiger partial charge in [-0.25, -0.2) is 0 Å². The van der Waals surface area contributed by atoms with E-state index >= 15 is 0 Å². The summed E-state index contributed by atoms with van der Waals surface area (Å²) in [6, 6.07) is 0. The van der Waals surface area contributed by atoms with Crippen LogP contribution in [-0.4, -0.2) is 0 Å². The van der Waals surface area contributed by atoms with Crippen molar-refractivity contribution in [3.05, 3.63) is 47.6 Å². The molecule has 0 aromatic heterocycles. The summed E-state index contributed by atoms with van der Waals surface area (Å²) in [5.41, 5.74) is 3.11. The minimum Gasteiger partial charge on any atom is -1.00 e. The maximum absolute atomic E-state index is 2.24. The Hall–Kier alpha value is 1.30. The van der Waals surface area contributed by atoms with E-state index in [9.17, 15) is 0 Å². The van der Waals surface area contributed by atoms with Gasteiger partial charge in [0.1, 0.15) is 0 Å². The van der Waals surface area contributed by atoms with Crippen LogP contribution in [0.3, 0.4) is 0 Å². The first kappa shape index (κ1) is 17.7. The van der Waals surface area contributed by atoms with Crippen LogP contribution < -0.4 is 48.0 Å². The number of halogens is 2. The first-order chi connectivity index (χ1) is 5.45. The Morgan fingerprint density at radius 2 is 1.29 bits per heavy atom. The Morgan fingerprint density at radius 3 is 1.57 bits per heavy atom. The second kappa shape index (κ2) is 9.52. The molecule has 0 radical (unpaired) electrons. The van der Waals surface area contributed by atoms with Crippen LogP contribution in [0.1, 0.15) is 19.3 Å². The van der Waals surface area contributed by atoms with E-state index in [1.807, 2.05) is 0 Å². The van der Waals surface area contributed by atoms with Crippen molar-refractivity contribution >= 4 is 0 Å².